The Morgan fingerprint density at radius 1 is 0.733 bits per heavy atom. The molecule has 0 aromatic carbocycles. The molecule has 0 spiro atoms. The second kappa shape index (κ2) is 4.06. The van der Waals surface area contributed by atoms with E-state index < -0.39 is 0 Å². The topological polar surface area (TPSA) is 32.3 Å². The summed E-state index contributed by atoms with van der Waals surface area (Å²) in [5.41, 5.74) is 0. The molecule has 0 bridgehead atoms. The number of aliphatic hydroxyl groups excluding tert-OH is 1. The Labute approximate surface area is 92.4 Å². The van der Waals surface area contributed by atoms with Crippen molar-refractivity contribution in [3.05, 3.63) is 0 Å². The maximum atomic E-state index is 10.5. The third-order valence-electron chi connectivity index (χ3n) is 4.94. The van der Waals surface area contributed by atoms with Crippen molar-refractivity contribution in [2.45, 2.75) is 69.6 Å². The summed E-state index contributed by atoms with van der Waals surface area (Å²) in [5.74, 6) is 1.14. The van der Waals surface area contributed by atoms with E-state index in [1.165, 1.54) is 51.4 Å². The summed E-state index contributed by atoms with van der Waals surface area (Å²) in [6.07, 6.45) is 10.5. The van der Waals surface area contributed by atoms with Gasteiger partial charge >= 0.3 is 0 Å². The second-order valence-electron chi connectivity index (χ2n) is 5.77. The van der Waals surface area contributed by atoms with Crippen molar-refractivity contribution >= 4 is 0 Å². The van der Waals surface area contributed by atoms with Crippen LogP contribution in [0.4, 0.5) is 0 Å². The highest BCUT2D eigenvalue weighted by atomic mass is 16.3. The first-order valence-electron chi connectivity index (χ1n) is 6.80. The fraction of sp³-hybridized carbons (Fsp3) is 1.00. The van der Waals surface area contributed by atoms with Crippen molar-refractivity contribution in [3.8, 4) is 0 Å². The van der Waals surface area contributed by atoms with E-state index in [2.05, 4.69) is 5.32 Å². The molecule has 86 valence electrons. The number of rotatable bonds is 0. The van der Waals surface area contributed by atoms with Crippen LogP contribution >= 0.6 is 0 Å². The summed E-state index contributed by atoms with van der Waals surface area (Å²) in [4.78, 5) is 0. The van der Waals surface area contributed by atoms with Crippen molar-refractivity contribution < 1.29 is 5.11 Å². The molecule has 1 unspecified atom stereocenters. The summed E-state index contributed by atoms with van der Waals surface area (Å²) in [7, 11) is 0. The Morgan fingerprint density at radius 3 is 1.73 bits per heavy atom. The number of piperidine rings is 1. The smallest absolute Gasteiger partial charge is 0.0626 e. The van der Waals surface area contributed by atoms with Crippen LogP contribution in [0.3, 0.4) is 0 Å². The molecule has 0 aromatic heterocycles. The molecule has 0 aromatic rings. The maximum absolute atomic E-state index is 10.5. The Balaban J connectivity index is 1.76. The van der Waals surface area contributed by atoms with Gasteiger partial charge in [0.05, 0.1) is 6.10 Å². The highest BCUT2D eigenvalue weighted by Gasteiger charge is 2.44. The van der Waals surface area contributed by atoms with Crippen molar-refractivity contribution in [1.82, 2.24) is 5.32 Å². The Kier molecular flexibility index (Phi) is 2.73. The van der Waals surface area contributed by atoms with E-state index in [1.807, 2.05) is 0 Å². The molecule has 3 rings (SSSR count). The van der Waals surface area contributed by atoms with Gasteiger partial charge in [0, 0.05) is 23.9 Å². The Bertz CT molecular complexity index is 209. The van der Waals surface area contributed by atoms with Crippen LogP contribution in [0.2, 0.25) is 0 Å². The van der Waals surface area contributed by atoms with E-state index in [4.69, 9.17) is 0 Å². The third-order valence-corrected chi connectivity index (χ3v) is 4.94. The fourth-order valence-electron chi connectivity index (χ4n) is 4.14. The molecule has 2 saturated carbocycles. The van der Waals surface area contributed by atoms with Gasteiger partial charge in [0.2, 0.25) is 0 Å². The molecule has 0 amide bonds. The molecule has 2 N–H and O–H groups in total. The van der Waals surface area contributed by atoms with Gasteiger partial charge in [-0.15, -0.1) is 0 Å². The molecule has 5 atom stereocenters. The molecule has 2 aliphatic carbocycles. The van der Waals surface area contributed by atoms with Gasteiger partial charge in [0.1, 0.15) is 0 Å². The molecule has 3 fully saturated rings. The van der Waals surface area contributed by atoms with Gasteiger partial charge in [-0.2, -0.15) is 0 Å². The summed E-state index contributed by atoms with van der Waals surface area (Å²) in [6.45, 7) is 0. The normalized spacial score (nSPS) is 50.6. The lowest BCUT2D eigenvalue weighted by atomic mass is 9.67. The average molecular weight is 209 g/mol. The number of hydrogen-bond acceptors (Lipinski definition) is 2. The van der Waals surface area contributed by atoms with Gasteiger partial charge < -0.3 is 10.4 Å². The Hall–Kier alpha value is -0.0800. The van der Waals surface area contributed by atoms with E-state index in [9.17, 15) is 5.11 Å². The minimum atomic E-state index is 0.00171. The van der Waals surface area contributed by atoms with Crippen LogP contribution in [-0.2, 0) is 0 Å². The van der Waals surface area contributed by atoms with E-state index in [-0.39, 0.29) is 6.10 Å². The minimum Gasteiger partial charge on any atom is -0.392 e. The molecule has 15 heavy (non-hydrogen) atoms. The summed E-state index contributed by atoms with van der Waals surface area (Å²) < 4.78 is 0. The van der Waals surface area contributed by atoms with Gasteiger partial charge in [0.25, 0.3) is 0 Å². The second-order valence-corrected chi connectivity index (χ2v) is 5.77. The van der Waals surface area contributed by atoms with Crippen molar-refractivity contribution in [2.75, 3.05) is 0 Å². The highest BCUT2D eigenvalue weighted by molar-refractivity contribution is 5.00. The van der Waals surface area contributed by atoms with Gasteiger partial charge in [-0.25, -0.2) is 0 Å². The predicted octanol–water partition coefficient (Wildman–Crippen LogP) is 2.07. The minimum absolute atomic E-state index is 0.00171. The van der Waals surface area contributed by atoms with E-state index in [0.717, 1.165) is 0 Å². The Morgan fingerprint density at radius 2 is 1.20 bits per heavy atom. The average Bonchev–Trinajstić information content (AvgIpc) is 2.30. The molecule has 1 heterocycles. The fourth-order valence-corrected chi connectivity index (χ4v) is 4.14. The van der Waals surface area contributed by atoms with Crippen LogP contribution in [-0.4, -0.2) is 23.3 Å². The standard InChI is InChI=1S/C13H23NO/c15-13-9-5-1-3-7-11(9)14-12-8-4-2-6-10(12)13/h9-15H,1-8H2/t9-,10-,11-,12+,13?/m1/s1. The zero-order valence-electron chi connectivity index (χ0n) is 9.49. The van der Waals surface area contributed by atoms with Gasteiger partial charge in [0.15, 0.2) is 0 Å². The number of aliphatic hydroxyl groups is 1. The lowest BCUT2D eigenvalue weighted by Gasteiger charge is -2.50. The zero-order valence-corrected chi connectivity index (χ0v) is 9.49. The van der Waals surface area contributed by atoms with Crippen LogP contribution in [0.5, 0.6) is 0 Å². The molecule has 0 radical (unpaired) electrons. The monoisotopic (exact) mass is 209 g/mol. The summed E-state index contributed by atoms with van der Waals surface area (Å²) in [6, 6.07) is 1.26. The van der Waals surface area contributed by atoms with E-state index >= 15 is 0 Å². The molecule has 1 aliphatic heterocycles. The maximum Gasteiger partial charge on any atom is 0.0626 e. The quantitative estimate of drug-likeness (QED) is 0.640. The molecular formula is C13H23NO. The lowest BCUT2D eigenvalue weighted by molar-refractivity contribution is -0.0478. The van der Waals surface area contributed by atoms with Crippen molar-refractivity contribution in [1.29, 1.82) is 0 Å². The van der Waals surface area contributed by atoms with Gasteiger partial charge in [-0.05, 0) is 25.7 Å². The lowest BCUT2D eigenvalue weighted by Crippen LogP contribution is -2.60. The molecule has 3 aliphatic rings. The van der Waals surface area contributed by atoms with E-state index in [0.29, 0.717) is 23.9 Å². The van der Waals surface area contributed by atoms with Crippen LogP contribution in [0, 0.1) is 11.8 Å². The highest BCUT2D eigenvalue weighted by Crippen LogP contribution is 2.40. The molecule has 2 nitrogen and oxygen atoms in total. The van der Waals surface area contributed by atoms with Gasteiger partial charge in [-0.1, -0.05) is 25.7 Å². The predicted molar refractivity (Wildman–Crippen MR) is 60.6 cm³/mol. The largest absolute Gasteiger partial charge is 0.392 e. The molecule has 1 saturated heterocycles. The van der Waals surface area contributed by atoms with Crippen molar-refractivity contribution in [2.24, 2.45) is 11.8 Å². The first-order valence-corrected chi connectivity index (χ1v) is 6.80. The number of nitrogens with one attached hydrogen (secondary N) is 1. The van der Waals surface area contributed by atoms with Crippen LogP contribution < -0.4 is 5.32 Å². The number of hydrogen-bond donors (Lipinski definition) is 2. The van der Waals surface area contributed by atoms with Crippen LogP contribution in [0.25, 0.3) is 0 Å². The summed E-state index contributed by atoms with van der Waals surface area (Å²) in [5, 5.41) is 14.3. The third kappa shape index (κ3) is 1.72. The van der Waals surface area contributed by atoms with Gasteiger partial charge in [-0.3, -0.25) is 0 Å². The van der Waals surface area contributed by atoms with E-state index in [1.54, 1.807) is 0 Å². The zero-order chi connectivity index (χ0) is 10.3. The molecule has 2 heteroatoms. The molecular weight excluding hydrogens is 186 g/mol. The van der Waals surface area contributed by atoms with Crippen LogP contribution in [0.15, 0.2) is 0 Å². The van der Waals surface area contributed by atoms with Crippen LogP contribution in [0.1, 0.15) is 51.4 Å². The SMILES string of the molecule is OC1[C@@H]2CCCC[C@@H]2N[C@@H]2CCCC[C@@H]12. The number of fused-ring (bicyclic) bond motifs is 2. The first-order chi connectivity index (χ1) is 7.36. The first kappa shape index (κ1) is 10.1. The summed E-state index contributed by atoms with van der Waals surface area (Å²) >= 11 is 0. The van der Waals surface area contributed by atoms with Crippen molar-refractivity contribution in [3.63, 3.8) is 0 Å².